The molecule has 0 aliphatic rings. The first-order valence-electron chi connectivity index (χ1n) is 5.56. The van der Waals surface area contributed by atoms with Crippen LogP contribution in [0.2, 0.25) is 0 Å². The Kier molecular flexibility index (Phi) is 3.62. The molecule has 0 saturated heterocycles. The highest BCUT2D eigenvalue weighted by Crippen LogP contribution is 2.21. The van der Waals surface area contributed by atoms with Gasteiger partial charge in [0.2, 0.25) is 0 Å². The molecular formula is C13H12N2O3. The number of Topliss-reactive ketones (excluding diaryl/α,β-unsaturated/α-hetero) is 1. The number of rotatable bonds is 5. The zero-order chi connectivity index (χ0) is 13.0. The average Bonchev–Trinajstić information content (AvgIpc) is 2.85. The molecule has 2 aromatic rings. The van der Waals surface area contributed by atoms with Crippen LogP contribution in [0.3, 0.4) is 0 Å². The van der Waals surface area contributed by atoms with Crippen LogP contribution in [-0.4, -0.2) is 22.0 Å². The van der Waals surface area contributed by atoms with Gasteiger partial charge in [0.25, 0.3) is 0 Å². The fourth-order valence-corrected chi connectivity index (χ4v) is 1.51. The van der Waals surface area contributed by atoms with Crippen molar-refractivity contribution in [2.75, 3.05) is 0 Å². The molecule has 0 aliphatic heterocycles. The first kappa shape index (κ1) is 12.2. The maximum atomic E-state index is 11.0. The van der Waals surface area contributed by atoms with Crippen molar-refractivity contribution >= 4 is 12.1 Å². The van der Waals surface area contributed by atoms with E-state index in [0.717, 1.165) is 12.0 Å². The Morgan fingerprint density at radius 3 is 2.67 bits per heavy atom. The van der Waals surface area contributed by atoms with E-state index < -0.39 is 0 Å². The van der Waals surface area contributed by atoms with Crippen LogP contribution in [0.25, 0.3) is 11.3 Å². The first-order valence-corrected chi connectivity index (χ1v) is 5.56. The van der Waals surface area contributed by atoms with Gasteiger partial charge in [-0.1, -0.05) is 0 Å². The van der Waals surface area contributed by atoms with E-state index in [9.17, 15) is 9.59 Å². The second-order valence-corrected chi connectivity index (χ2v) is 3.82. The number of nitrogens with zero attached hydrogens (tertiary/aromatic N) is 2. The monoisotopic (exact) mass is 244 g/mol. The summed E-state index contributed by atoms with van der Waals surface area (Å²) in [6, 6.07) is 3.62. The predicted molar refractivity (Wildman–Crippen MR) is 64.1 cm³/mol. The molecule has 0 aromatic carbocycles. The molecule has 0 unspecified atom stereocenters. The van der Waals surface area contributed by atoms with Gasteiger partial charge in [-0.05, 0) is 12.1 Å². The van der Waals surface area contributed by atoms with E-state index in [1.807, 2.05) is 6.07 Å². The Morgan fingerprint density at radius 1 is 1.33 bits per heavy atom. The minimum Gasteiger partial charge on any atom is -0.461 e. The van der Waals surface area contributed by atoms with Crippen LogP contribution in [0.4, 0.5) is 0 Å². The maximum absolute atomic E-state index is 11.0. The highest BCUT2D eigenvalue weighted by atomic mass is 16.3. The molecule has 0 saturated carbocycles. The quantitative estimate of drug-likeness (QED) is 0.594. The lowest BCUT2D eigenvalue weighted by atomic mass is 10.2. The van der Waals surface area contributed by atoms with Gasteiger partial charge < -0.3 is 9.21 Å². The number of hydrogen-bond donors (Lipinski definition) is 0. The summed E-state index contributed by atoms with van der Waals surface area (Å²) in [4.78, 5) is 29.2. The van der Waals surface area contributed by atoms with E-state index in [-0.39, 0.29) is 11.6 Å². The third-order valence-corrected chi connectivity index (χ3v) is 2.42. The molecule has 2 aromatic heterocycles. The van der Waals surface area contributed by atoms with Gasteiger partial charge >= 0.3 is 0 Å². The number of carbonyl (C=O) groups excluding carboxylic acids is 2. The molecule has 0 atom stereocenters. The Balaban J connectivity index is 2.18. The number of furan rings is 1. The fraction of sp³-hybridized carbons (Fsp3) is 0.231. The first-order chi connectivity index (χ1) is 8.70. The molecule has 0 radical (unpaired) electrons. The van der Waals surface area contributed by atoms with Crippen molar-refractivity contribution in [2.24, 2.45) is 0 Å². The lowest BCUT2D eigenvalue weighted by molar-refractivity contribution is -0.107. The molecule has 2 heterocycles. The zero-order valence-electron chi connectivity index (χ0n) is 9.92. The van der Waals surface area contributed by atoms with E-state index in [4.69, 9.17) is 4.42 Å². The van der Waals surface area contributed by atoms with E-state index in [1.165, 1.54) is 6.92 Å². The van der Waals surface area contributed by atoms with Crippen LogP contribution in [0.5, 0.6) is 0 Å². The van der Waals surface area contributed by atoms with E-state index >= 15 is 0 Å². The summed E-state index contributed by atoms with van der Waals surface area (Å²) >= 11 is 0. The summed E-state index contributed by atoms with van der Waals surface area (Å²) in [6.07, 6.45) is 4.97. The smallest absolute Gasteiger partial charge is 0.196 e. The summed E-state index contributed by atoms with van der Waals surface area (Å²) < 4.78 is 5.55. The number of aryl methyl sites for hydroxylation is 1. The molecule has 0 aliphatic carbocycles. The molecule has 0 amide bonds. The normalized spacial score (nSPS) is 10.3. The van der Waals surface area contributed by atoms with Crippen LogP contribution in [-0.2, 0) is 11.2 Å². The summed E-state index contributed by atoms with van der Waals surface area (Å²) in [5.74, 6) is 1.39. The van der Waals surface area contributed by atoms with Crippen LogP contribution < -0.4 is 0 Å². The molecule has 0 spiro atoms. The molecule has 5 heteroatoms. The van der Waals surface area contributed by atoms with Gasteiger partial charge in [0, 0.05) is 32.2 Å². The van der Waals surface area contributed by atoms with E-state index in [0.29, 0.717) is 24.2 Å². The van der Waals surface area contributed by atoms with Gasteiger partial charge in [0.05, 0.1) is 5.56 Å². The van der Waals surface area contributed by atoms with Crippen molar-refractivity contribution in [2.45, 2.75) is 19.8 Å². The van der Waals surface area contributed by atoms with Crippen LogP contribution in [0, 0.1) is 0 Å². The molecule has 2 rings (SSSR count). The largest absolute Gasteiger partial charge is 0.461 e. The van der Waals surface area contributed by atoms with Crippen molar-refractivity contribution in [3.05, 3.63) is 36.1 Å². The molecule has 18 heavy (non-hydrogen) atoms. The maximum Gasteiger partial charge on any atom is 0.196 e. The molecule has 92 valence electrons. The summed E-state index contributed by atoms with van der Waals surface area (Å²) in [6.45, 7) is 1.42. The number of aldehydes is 1. The number of carbonyl (C=O) groups is 2. The van der Waals surface area contributed by atoms with Crippen LogP contribution >= 0.6 is 0 Å². The molecule has 5 nitrogen and oxygen atoms in total. The summed E-state index contributed by atoms with van der Waals surface area (Å²) in [7, 11) is 0. The summed E-state index contributed by atoms with van der Waals surface area (Å²) in [5.41, 5.74) is 0.706. The van der Waals surface area contributed by atoms with Crippen molar-refractivity contribution in [3.63, 3.8) is 0 Å². The molecule has 0 fully saturated rings. The van der Waals surface area contributed by atoms with Gasteiger partial charge in [-0.15, -0.1) is 0 Å². The lowest BCUT2D eigenvalue weighted by Gasteiger charge is -1.97. The SMILES string of the molecule is CC(=O)c1ncc(-c2ccc(CCC=O)o2)cn1. The van der Waals surface area contributed by atoms with Crippen LogP contribution in [0.15, 0.2) is 28.9 Å². The Labute approximate surface area is 104 Å². The van der Waals surface area contributed by atoms with Gasteiger partial charge in [0.15, 0.2) is 11.6 Å². The molecular weight excluding hydrogens is 232 g/mol. The number of ketones is 1. The summed E-state index contributed by atoms with van der Waals surface area (Å²) in [5, 5.41) is 0. The third-order valence-electron chi connectivity index (χ3n) is 2.42. The predicted octanol–water partition coefficient (Wildman–Crippen LogP) is 2.07. The third kappa shape index (κ3) is 2.68. The fourth-order valence-electron chi connectivity index (χ4n) is 1.51. The topological polar surface area (TPSA) is 73.1 Å². The van der Waals surface area contributed by atoms with Gasteiger partial charge in [-0.25, -0.2) is 9.97 Å². The van der Waals surface area contributed by atoms with Crippen molar-refractivity contribution in [1.29, 1.82) is 0 Å². The van der Waals surface area contributed by atoms with Crippen LogP contribution in [0.1, 0.15) is 29.7 Å². The number of aromatic nitrogens is 2. The van der Waals surface area contributed by atoms with E-state index in [1.54, 1.807) is 18.5 Å². The minimum atomic E-state index is -0.173. The highest BCUT2D eigenvalue weighted by molar-refractivity contribution is 5.90. The molecule has 0 N–H and O–H groups in total. The Bertz CT molecular complexity index is 558. The highest BCUT2D eigenvalue weighted by Gasteiger charge is 2.07. The Hall–Kier alpha value is -2.30. The second-order valence-electron chi connectivity index (χ2n) is 3.82. The van der Waals surface area contributed by atoms with E-state index in [2.05, 4.69) is 9.97 Å². The lowest BCUT2D eigenvalue weighted by Crippen LogP contribution is -1.99. The average molecular weight is 244 g/mol. The second kappa shape index (κ2) is 5.35. The standard InChI is InChI=1S/C13H12N2O3/c1-9(17)13-14-7-10(8-15-13)12-5-4-11(18-12)3-2-6-16/h4-8H,2-3H2,1H3. The Morgan fingerprint density at radius 2 is 2.06 bits per heavy atom. The van der Waals surface area contributed by atoms with Gasteiger partial charge in [-0.3, -0.25) is 4.79 Å². The molecule has 0 bridgehead atoms. The van der Waals surface area contributed by atoms with Crippen molar-refractivity contribution in [3.8, 4) is 11.3 Å². The van der Waals surface area contributed by atoms with Crippen molar-refractivity contribution < 1.29 is 14.0 Å². The van der Waals surface area contributed by atoms with Gasteiger partial charge in [0.1, 0.15) is 17.8 Å². The number of hydrogen-bond acceptors (Lipinski definition) is 5. The minimum absolute atomic E-state index is 0.173. The zero-order valence-corrected chi connectivity index (χ0v) is 9.92. The van der Waals surface area contributed by atoms with Crippen molar-refractivity contribution in [1.82, 2.24) is 9.97 Å². The van der Waals surface area contributed by atoms with Gasteiger partial charge in [-0.2, -0.15) is 0 Å².